The Balaban J connectivity index is 2.40. The van der Waals surface area contributed by atoms with Crippen molar-refractivity contribution in [3.8, 4) is 5.75 Å². The molecule has 2 rings (SSSR count). The molecule has 1 aliphatic rings. The molecule has 1 atom stereocenters. The first-order valence-electron chi connectivity index (χ1n) is 4.69. The number of halogens is 1. The number of hydrogen-bond acceptors (Lipinski definition) is 1. The molecule has 0 bridgehead atoms. The Labute approximate surface area is 83.3 Å². The summed E-state index contributed by atoms with van der Waals surface area (Å²) in [5.74, 6) is 1.55. The fourth-order valence-corrected chi connectivity index (χ4v) is 2.38. The molecule has 70 valence electrons. The standard InChI is InChI=1S/C11H13ClO/c12-7-9-3-1-2-8-6-10(13)4-5-11(8)9/h4-6,9,13H,1-3,7H2. The molecule has 0 amide bonds. The number of fused-ring (bicyclic) bond motifs is 1. The lowest BCUT2D eigenvalue weighted by atomic mass is 9.84. The molecular weight excluding hydrogens is 184 g/mol. The van der Waals surface area contributed by atoms with Crippen molar-refractivity contribution in [2.45, 2.75) is 25.2 Å². The van der Waals surface area contributed by atoms with Crippen LogP contribution in [0.3, 0.4) is 0 Å². The summed E-state index contributed by atoms with van der Waals surface area (Å²) in [5.41, 5.74) is 2.61. The molecule has 0 fully saturated rings. The van der Waals surface area contributed by atoms with Crippen LogP contribution >= 0.6 is 11.6 Å². The highest BCUT2D eigenvalue weighted by atomic mass is 35.5. The molecule has 2 heteroatoms. The van der Waals surface area contributed by atoms with Crippen molar-refractivity contribution in [2.75, 3.05) is 5.88 Å². The number of benzene rings is 1. The lowest BCUT2D eigenvalue weighted by molar-refractivity contribution is 0.472. The Morgan fingerprint density at radius 3 is 3.08 bits per heavy atom. The van der Waals surface area contributed by atoms with Gasteiger partial charge in [0, 0.05) is 5.88 Å². The maximum Gasteiger partial charge on any atom is 0.115 e. The van der Waals surface area contributed by atoms with Gasteiger partial charge in [-0.05, 0) is 48.4 Å². The van der Waals surface area contributed by atoms with E-state index >= 15 is 0 Å². The molecule has 1 aromatic carbocycles. The molecule has 1 N–H and O–H groups in total. The van der Waals surface area contributed by atoms with Crippen molar-refractivity contribution >= 4 is 11.6 Å². The van der Waals surface area contributed by atoms with Gasteiger partial charge in [-0.25, -0.2) is 0 Å². The summed E-state index contributed by atoms with van der Waals surface area (Å²) in [6, 6.07) is 5.63. The van der Waals surface area contributed by atoms with Crippen LogP contribution in [0.2, 0.25) is 0 Å². The smallest absolute Gasteiger partial charge is 0.115 e. The van der Waals surface area contributed by atoms with E-state index in [4.69, 9.17) is 11.6 Å². The maximum absolute atomic E-state index is 9.31. The third-order valence-corrected chi connectivity index (χ3v) is 3.12. The predicted molar refractivity (Wildman–Crippen MR) is 54.5 cm³/mol. The predicted octanol–water partition coefficient (Wildman–Crippen LogP) is 3.05. The molecule has 0 spiro atoms. The van der Waals surface area contributed by atoms with E-state index in [9.17, 15) is 5.11 Å². The van der Waals surface area contributed by atoms with E-state index in [2.05, 4.69) is 0 Å². The van der Waals surface area contributed by atoms with Crippen LogP contribution in [0.15, 0.2) is 18.2 Å². The molecule has 0 saturated heterocycles. The van der Waals surface area contributed by atoms with Crippen molar-refractivity contribution in [3.05, 3.63) is 29.3 Å². The third kappa shape index (κ3) is 1.66. The van der Waals surface area contributed by atoms with Crippen LogP contribution in [-0.4, -0.2) is 11.0 Å². The zero-order chi connectivity index (χ0) is 9.26. The number of phenols is 1. The minimum absolute atomic E-state index is 0.369. The average molecular weight is 197 g/mol. The summed E-state index contributed by atoms with van der Waals surface area (Å²) < 4.78 is 0. The van der Waals surface area contributed by atoms with E-state index in [1.165, 1.54) is 24.0 Å². The molecule has 0 saturated carbocycles. The lowest BCUT2D eigenvalue weighted by Gasteiger charge is -2.23. The highest BCUT2D eigenvalue weighted by Gasteiger charge is 2.19. The van der Waals surface area contributed by atoms with Gasteiger partial charge in [0.05, 0.1) is 0 Å². The van der Waals surface area contributed by atoms with Crippen molar-refractivity contribution < 1.29 is 5.11 Å². The van der Waals surface area contributed by atoms with E-state index in [1.807, 2.05) is 12.1 Å². The highest BCUT2D eigenvalue weighted by molar-refractivity contribution is 6.18. The molecule has 0 radical (unpaired) electrons. The SMILES string of the molecule is Oc1ccc2c(c1)CCCC2CCl. The van der Waals surface area contributed by atoms with Gasteiger partial charge in [0.15, 0.2) is 0 Å². The second-order valence-electron chi connectivity index (χ2n) is 3.63. The number of hydrogen-bond donors (Lipinski definition) is 1. The number of aryl methyl sites for hydroxylation is 1. The van der Waals surface area contributed by atoms with Gasteiger partial charge in [-0.1, -0.05) is 6.07 Å². The Hall–Kier alpha value is -0.690. The van der Waals surface area contributed by atoms with E-state index in [0.29, 0.717) is 17.5 Å². The largest absolute Gasteiger partial charge is 0.508 e. The monoisotopic (exact) mass is 196 g/mol. The van der Waals surface area contributed by atoms with Gasteiger partial charge in [-0.2, -0.15) is 0 Å². The molecule has 0 aromatic heterocycles. The van der Waals surface area contributed by atoms with Crippen LogP contribution in [0.1, 0.15) is 29.9 Å². The van der Waals surface area contributed by atoms with Gasteiger partial charge >= 0.3 is 0 Å². The minimum Gasteiger partial charge on any atom is -0.508 e. The quantitative estimate of drug-likeness (QED) is 0.685. The summed E-state index contributed by atoms with van der Waals surface area (Å²) in [6.45, 7) is 0. The Bertz CT molecular complexity index is 309. The molecule has 0 heterocycles. The minimum atomic E-state index is 0.369. The average Bonchev–Trinajstić information content (AvgIpc) is 2.16. The first-order valence-corrected chi connectivity index (χ1v) is 5.22. The van der Waals surface area contributed by atoms with Gasteiger partial charge < -0.3 is 5.11 Å². The van der Waals surface area contributed by atoms with Crippen LogP contribution < -0.4 is 0 Å². The topological polar surface area (TPSA) is 20.2 Å². The summed E-state index contributed by atoms with van der Waals surface area (Å²) >= 11 is 5.89. The fraction of sp³-hybridized carbons (Fsp3) is 0.455. The van der Waals surface area contributed by atoms with Crippen LogP contribution in [0.4, 0.5) is 0 Å². The Morgan fingerprint density at radius 1 is 1.46 bits per heavy atom. The van der Waals surface area contributed by atoms with Crippen LogP contribution in [0.5, 0.6) is 5.75 Å². The number of alkyl halides is 1. The zero-order valence-electron chi connectivity index (χ0n) is 7.46. The number of phenolic OH excluding ortho intramolecular Hbond substituents is 1. The zero-order valence-corrected chi connectivity index (χ0v) is 8.22. The molecule has 1 unspecified atom stereocenters. The molecular formula is C11H13ClO. The van der Waals surface area contributed by atoms with E-state index < -0.39 is 0 Å². The summed E-state index contributed by atoms with van der Waals surface area (Å²) in [4.78, 5) is 0. The van der Waals surface area contributed by atoms with Gasteiger partial charge in [-0.15, -0.1) is 11.6 Å². The molecule has 13 heavy (non-hydrogen) atoms. The Kier molecular flexibility index (Phi) is 2.45. The first kappa shape index (κ1) is 8.89. The first-order chi connectivity index (χ1) is 6.31. The summed E-state index contributed by atoms with van der Waals surface area (Å²) in [6.07, 6.45) is 3.45. The van der Waals surface area contributed by atoms with Crippen LogP contribution in [0, 0.1) is 0 Å². The molecule has 0 aliphatic heterocycles. The van der Waals surface area contributed by atoms with Crippen molar-refractivity contribution in [1.29, 1.82) is 0 Å². The van der Waals surface area contributed by atoms with Gasteiger partial charge in [0.2, 0.25) is 0 Å². The van der Waals surface area contributed by atoms with Crippen molar-refractivity contribution in [3.63, 3.8) is 0 Å². The summed E-state index contributed by atoms with van der Waals surface area (Å²) in [5, 5.41) is 9.31. The third-order valence-electron chi connectivity index (χ3n) is 2.75. The van der Waals surface area contributed by atoms with E-state index in [1.54, 1.807) is 6.07 Å². The molecule has 1 nitrogen and oxygen atoms in total. The van der Waals surface area contributed by atoms with Crippen LogP contribution in [-0.2, 0) is 6.42 Å². The van der Waals surface area contributed by atoms with Crippen LogP contribution in [0.25, 0.3) is 0 Å². The van der Waals surface area contributed by atoms with E-state index in [-0.39, 0.29) is 0 Å². The van der Waals surface area contributed by atoms with Gasteiger partial charge in [-0.3, -0.25) is 0 Å². The maximum atomic E-state index is 9.31. The summed E-state index contributed by atoms with van der Waals surface area (Å²) in [7, 11) is 0. The van der Waals surface area contributed by atoms with Crippen molar-refractivity contribution in [2.24, 2.45) is 0 Å². The van der Waals surface area contributed by atoms with Gasteiger partial charge in [0.25, 0.3) is 0 Å². The Morgan fingerprint density at radius 2 is 2.31 bits per heavy atom. The van der Waals surface area contributed by atoms with E-state index in [0.717, 1.165) is 6.42 Å². The normalized spacial score (nSPS) is 21.2. The van der Waals surface area contributed by atoms with Gasteiger partial charge in [0.1, 0.15) is 5.75 Å². The second-order valence-corrected chi connectivity index (χ2v) is 3.94. The number of rotatable bonds is 1. The number of aromatic hydroxyl groups is 1. The molecule has 1 aromatic rings. The lowest BCUT2D eigenvalue weighted by Crippen LogP contribution is -2.10. The highest BCUT2D eigenvalue weighted by Crippen LogP contribution is 2.33. The fourth-order valence-electron chi connectivity index (χ4n) is 2.06. The molecule has 1 aliphatic carbocycles. The second kappa shape index (κ2) is 3.59. The van der Waals surface area contributed by atoms with Crippen molar-refractivity contribution in [1.82, 2.24) is 0 Å².